The van der Waals surface area contributed by atoms with Gasteiger partial charge >= 0.3 is 0 Å². The number of hydrogen-bond acceptors (Lipinski definition) is 1. The van der Waals surface area contributed by atoms with Crippen molar-refractivity contribution >= 4 is 0 Å². The van der Waals surface area contributed by atoms with Crippen LogP contribution in [-0.4, -0.2) is 13.2 Å². The van der Waals surface area contributed by atoms with E-state index >= 15 is 0 Å². The lowest BCUT2D eigenvalue weighted by Gasteiger charge is -2.34. The van der Waals surface area contributed by atoms with Crippen molar-refractivity contribution in [2.75, 3.05) is 13.2 Å². The highest BCUT2D eigenvalue weighted by atomic mass is 16.5. The fourth-order valence-electron chi connectivity index (χ4n) is 1.75. The van der Waals surface area contributed by atoms with Gasteiger partial charge in [0.1, 0.15) is 0 Å². The topological polar surface area (TPSA) is 9.23 Å². The van der Waals surface area contributed by atoms with Gasteiger partial charge in [0.25, 0.3) is 0 Å². The molecule has 0 aliphatic carbocycles. The first-order chi connectivity index (χ1) is 5.62. The van der Waals surface area contributed by atoms with Gasteiger partial charge in [0, 0.05) is 13.2 Å². The first-order valence-corrected chi connectivity index (χ1v) is 5.20. The van der Waals surface area contributed by atoms with Crippen LogP contribution in [0.3, 0.4) is 0 Å². The molecule has 12 heavy (non-hydrogen) atoms. The van der Waals surface area contributed by atoms with E-state index in [4.69, 9.17) is 4.74 Å². The van der Waals surface area contributed by atoms with Crippen molar-refractivity contribution in [1.29, 1.82) is 0 Å². The summed E-state index contributed by atoms with van der Waals surface area (Å²) in [5.74, 6) is 0.852. The molecule has 0 aromatic carbocycles. The van der Waals surface area contributed by atoms with Gasteiger partial charge in [0.15, 0.2) is 0 Å². The Morgan fingerprint density at radius 3 is 2.33 bits per heavy atom. The van der Waals surface area contributed by atoms with Gasteiger partial charge < -0.3 is 4.74 Å². The van der Waals surface area contributed by atoms with Crippen molar-refractivity contribution in [2.24, 2.45) is 11.3 Å². The van der Waals surface area contributed by atoms with Gasteiger partial charge in [0.2, 0.25) is 0 Å². The van der Waals surface area contributed by atoms with Gasteiger partial charge in [-0.25, -0.2) is 0 Å². The lowest BCUT2D eigenvalue weighted by Crippen LogP contribution is -2.26. The van der Waals surface area contributed by atoms with E-state index in [-0.39, 0.29) is 0 Å². The molecule has 0 unspecified atom stereocenters. The van der Waals surface area contributed by atoms with Crippen molar-refractivity contribution in [3.05, 3.63) is 0 Å². The van der Waals surface area contributed by atoms with Crippen LogP contribution in [0.2, 0.25) is 0 Å². The third kappa shape index (κ3) is 3.14. The van der Waals surface area contributed by atoms with Crippen LogP contribution in [0.5, 0.6) is 0 Å². The third-order valence-corrected chi connectivity index (χ3v) is 3.03. The summed E-state index contributed by atoms with van der Waals surface area (Å²) < 4.78 is 5.37. The fourth-order valence-corrected chi connectivity index (χ4v) is 1.75. The Bertz CT molecular complexity index is 123. The molecule has 1 heteroatoms. The molecule has 0 atom stereocenters. The Kier molecular flexibility index (Phi) is 3.57. The van der Waals surface area contributed by atoms with Crippen LogP contribution in [-0.2, 0) is 4.74 Å². The van der Waals surface area contributed by atoms with Crippen LogP contribution in [0.1, 0.15) is 46.5 Å². The standard InChI is InChI=1S/C11H22O/c1-10(2)4-5-11(3)6-8-12-9-7-11/h10H,4-9H2,1-3H3. The number of ether oxygens (including phenoxy) is 1. The van der Waals surface area contributed by atoms with Crippen molar-refractivity contribution in [1.82, 2.24) is 0 Å². The lowest BCUT2D eigenvalue weighted by molar-refractivity contribution is 0.0174. The Balaban J connectivity index is 2.26. The Labute approximate surface area is 76.5 Å². The maximum atomic E-state index is 5.37. The monoisotopic (exact) mass is 170 g/mol. The summed E-state index contributed by atoms with van der Waals surface area (Å²) in [6.45, 7) is 8.99. The summed E-state index contributed by atoms with van der Waals surface area (Å²) in [6, 6.07) is 0. The van der Waals surface area contributed by atoms with Gasteiger partial charge in [-0.05, 0) is 30.6 Å². The number of hydrogen-bond donors (Lipinski definition) is 0. The predicted octanol–water partition coefficient (Wildman–Crippen LogP) is 3.24. The van der Waals surface area contributed by atoms with Crippen molar-refractivity contribution < 1.29 is 4.74 Å². The molecule has 0 N–H and O–H groups in total. The van der Waals surface area contributed by atoms with Crippen molar-refractivity contribution in [2.45, 2.75) is 46.5 Å². The zero-order valence-electron chi connectivity index (χ0n) is 8.73. The van der Waals surface area contributed by atoms with E-state index in [1.165, 1.54) is 25.7 Å². The Morgan fingerprint density at radius 2 is 1.83 bits per heavy atom. The summed E-state index contributed by atoms with van der Waals surface area (Å²) in [4.78, 5) is 0. The molecule has 0 aromatic rings. The molecule has 0 amide bonds. The molecule has 72 valence electrons. The van der Waals surface area contributed by atoms with E-state index in [1.807, 2.05) is 0 Å². The molecule has 0 radical (unpaired) electrons. The second kappa shape index (κ2) is 4.27. The van der Waals surface area contributed by atoms with Crippen LogP contribution in [0.4, 0.5) is 0 Å². The van der Waals surface area contributed by atoms with E-state index in [2.05, 4.69) is 20.8 Å². The Morgan fingerprint density at radius 1 is 1.25 bits per heavy atom. The second-order valence-corrected chi connectivity index (χ2v) is 4.86. The van der Waals surface area contributed by atoms with Crippen molar-refractivity contribution in [3.8, 4) is 0 Å². The highest BCUT2D eigenvalue weighted by Crippen LogP contribution is 2.35. The molecule has 1 saturated heterocycles. The summed E-state index contributed by atoms with van der Waals surface area (Å²) >= 11 is 0. The fraction of sp³-hybridized carbons (Fsp3) is 1.00. The third-order valence-electron chi connectivity index (χ3n) is 3.03. The van der Waals surface area contributed by atoms with E-state index in [9.17, 15) is 0 Å². The van der Waals surface area contributed by atoms with Crippen LogP contribution >= 0.6 is 0 Å². The van der Waals surface area contributed by atoms with E-state index in [0.717, 1.165) is 19.1 Å². The van der Waals surface area contributed by atoms with Crippen molar-refractivity contribution in [3.63, 3.8) is 0 Å². The van der Waals surface area contributed by atoms with E-state index < -0.39 is 0 Å². The minimum absolute atomic E-state index is 0.586. The van der Waals surface area contributed by atoms with E-state index in [1.54, 1.807) is 0 Å². The minimum Gasteiger partial charge on any atom is -0.381 e. The second-order valence-electron chi connectivity index (χ2n) is 4.86. The highest BCUT2D eigenvalue weighted by molar-refractivity contribution is 4.77. The van der Waals surface area contributed by atoms with Gasteiger partial charge in [0.05, 0.1) is 0 Å². The van der Waals surface area contributed by atoms with E-state index in [0.29, 0.717) is 5.41 Å². The molecule has 0 saturated carbocycles. The quantitative estimate of drug-likeness (QED) is 0.632. The maximum absolute atomic E-state index is 5.37. The predicted molar refractivity (Wildman–Crippen MR) is 52.2 cm³/mol. The SMILES string of the molecule is CC(C)CCC1(C)CCOCC1. The summed E-state index contributed by atoms with van der Waals surface area (Å²) in [5.41, 5.74) is 0.586. The van der Waals surface area contributed by atoms with Crippen LogP contribution in [0, 0.1) is 11.3 Å². The van der Waals surface area contributed by atoms with Gasteiger partial charge in [-0.15, -0.1) is 0 Å². The molecule has 1 nitrogen and oxygen atoms in total. The molecule has 0 aromatic heterocycles. The zero-order valence-corrected chi connectivity index (χ0v) is 8.73. The molecular weight excluding hydrogens is 148 g/mol. The van der Waals surface area contributed by atoms with Gasteiger partial charge in [-0.2, -0.15) is 0 Å². The minimum atomic E-state index is 0.586. The molecule has 1 rings (SSSR count). The summed E-state index contributed by atoms with van der Waals surface area (Å²) in [6.07, 6.45) is 5.28. The molecule has 1 aliphatic heterocycles. The van der Waals surface area contributed by atoms with Crippen LogP contribution in [0.15, 0.2) is 0 Å². The molecule has 1 fully saturated rings. The summed E-state index contributed by atoms with van der Waals surface area (Å²) in [5, 5.41) is 0. The van der Waals surface area contributed by atoms with Crippen LogP contribution in [0.25, 0.3) is 0 Å². The van der Waals surface area contributed by atoms with Gasteiger partial charge in [-0.3, -0.25) is 0 Å². The largest absolute Gasteiger partial charge is 0.381 e. The lowest BCUT2D eigenvalue weighted by atomic mass is 9.77. The first-order valence-electron chi connectivity index (χ1n) is 5.20. The Hall–Kier alpha value is -0.0400. The maximum Gasteiger partial charge on any atom is 0.0471 e. The number of rotatable bonds is 3. The normalized spacial score (nSPS) is 23.0. The zero-order chi connectivity index (χ0) is 9.03. The molecule has 0 bridgehead atoms. The average Bonchev–Trinajstić information content (AvgIpc) is 2.03. The molecule has 1 aliphatic rings. The molecule has 1 heterocycles. The molecule has 0 spiro atoms. The average molecular weight is 170 g/mol. The molecular formula is C11H22O. The summed E-state index contributed by atoms with van der Waals surface area (Å²) in [7, 11) is 0. The van der Waals surface area contributed by atoms with Crippen LogP contribution < -0.4 is 0 Å². The smallest absolute Gasteiger partial charge is 0.0471 e. The first kappa shape index (κ1) is 10.0. The van der Waals surface area contributed by atoms with Gasteiger partial charge in [-0.1, -0.05) is 27.2 Å². The highest BCUT2D eigenvalue weighted by Gasteiger charge is 2.26.